The SMILES string of the molecule is CCC(C)[Si](NC1CCCCC1C)(OC)OC. The molecule has 0 heterocycles. The molecule has 4 heteroatoms. The summed E-state index contributed by atoms with van der Waals surface area (Å²) in [7, 11) is 1.36. The van der Waals surface area contributed by atoms with Crippen LogP contribution in [-0.2, 0) is 8.85 Å². The van der Waals surface area contributed by atoms with Gasteiger partial charge in [0, 0.05) is 25.8 Å². The molecule has 1 aliphatic rings. The maximum absolute atomic E-state index is 5.80. The summed E-state index contributed by atoms with van der Waals surface area (Å²) < 4.78 is 11.6. The molecular formula is C13H29NO2Si. The molecule has 0 aliphatic heterocycles. The van der Waals surface area contributed by atoms with Crippen molar-refractivity contribution in [1.82, 2.24) is 4.98 Å². The second-order valence-corrected chi connectivity index (χ2v) is 8.82. The molecule has 1 N–H and O–H groups in total. The van der Waals surface area contributed by atoms with Gasteiger partial charge >= 0.3 is 8.72 Å². The van der Waals surface area contributed by atoms with E-state index < -0.39 is 8.72 Å². The van der Waals surface area contributed by atoms with Crippen molar-refractivity contribution in [2.45, 2.75) is 64.5 Å². The van der Waals surface area contributed by atoms with Crippen molar-refractivity contribution in [2.75, 3.05) is 14.2 Å². The highest BCUT2D eigenvalue weighted by Crippen LogP contribution is 2.29. The fourth-order valence-electron chi connectivity index (χ4n) is 2.80. The van der Waals surface area contributed by atoms with Gasteiger partial charge in [-0.1, -0.05) is 40.0 Å². The van der Waals surface area contributed by atoms with E-state index in [1.165, 1.54) is 25.7 Å². The standard InChI is InChI=1S/C13H29NO2Si/c1-6-12(3)17(15-4,16-5)14-13-10-8-7-9-11(13)2/h11-14H,6-10H2,1-5H3. The third kappa shape index (κ3) is 3.53. The van der Waals surface area contributed by atoms with Gasteiger partial charge in [-0.2, -0.15) is 0 Å². The maximum atomic E-state index is 5.80. The zero-order chi connectivity index (χ0) is 12.9. The summed E-state index contributed by atoms with van der Waals surface area (Å²) in [6.45, 7) is 6.79. The smallest absolute Gasteiger partial charge is 0.386 e. The lowest BCUT2D eigenvalue weighted by Gasteiger charge is -2.39. The van der Waals surface area contributed by atoms with Crippen molar-refractivity contribution in [2.24, 2.45) is 5.92 Å². The van der Waals surface area contributed by atoms with E-state index in [1.54, 1.807) is 14.2 Å². The van der Waals surface area contributed by atoms with Crippen molar-refractivity contribution in [3.63, 3.8) is 0 Å². The molecule has 3 unspecified atom stereocenters. The molecule has 3 nitrogen and oxygen atoms in total. The Bertz CT molecular complexity index is 221. The molecule has 0 amide bonds. The Hall–Kier alpha value is 0.0969. The number of hydrogen-bond acceptors (Lipinski definition) is 3. The predicted molar refractivity (Wildman–Crippen MR) is 74.0 cm³/mol. The highest BCUT2D eigenvalue weighted by atomic mass is 28.4. The molecule has 0 spiro atoms. The van der Waals surface area contributed by atoms with E-state index in [0.29, 0.717) is 11.6 Å². The lowest BCUT2D eigenvalue weighted by molar-refractivity contribution is 0.189. The lowest BCUT2D eigenvalue weighted by atomic mass is 9.87. The van der Waals surface area contributed by atoms with Crippen LogP contribution in [0, 0.1) is 5.92 Å². The molecule has 0 saturated heterocycles. The molecule has 1 saturated carbocycles. The van der Waals surface area contributed by atoms with Crippen LogP contribution in [0.25, 0.3) is 0 Å². The number of hydrogen-bond donors (Lipinski definition) is 1. The van der Waals surface area contributed by atoms with Gasteiger partial charge in [0.1, 0.15) is 0 Å². The Labute approximate surface area is 108 Å². The van der Waals surface area contributed by atoms with Crippen LogP contribution in [0.4, 0.5) is 0 Å². The van der Waals surface area contributed by atoms with Gasteiger partial charge in [0.2, 0.25) is 0 Å². The van der Waals surface area contributed by atoms with Crippen LogP contribution < -0.4 is 4.98 Å². The monoisotopic (exact) mass is 259 g/mol. The summed E-state index contributed by atoms with van der Waals surface area (Å²) in [5.74, 6) is 0.741. The predicted octanol–water partition coefficient (Wildman–Crippen LogP) is 3.19. The third-order valence-corrected chi connectivity index (χ3v) is 8.06. The van der Waals surface area contributed by atoms with Gasteiger partial charge in [-0.3, -0.25) is 4.98 Å². The molecule has 1 fully saturated rings. The van der Waals surface area contributed by atoms with E-state index in [2.05, 4.69) is 25.8 Å². The largest absolute Gasteiger partial charge is 0.427 e. The van der Waals surface area contributed by atoms with Crippen molar-refractivity contribution in [1.29, 1.82) is 0 Å². The second-order valence-electron chi connectivity index (χ2n) is 5.40. The van der Waals surface area contributed by atoms with Crippen molar-refractivity contribution in [3.05, 3.63) is 0 Å². The summed E-state index contributed by atoms with van der Waals surface area (Å²) in [5, 5.41) is 0. The van der Waals surface area contributed by atoms with Gasteiger partial charge in [0.05, 0.1) is 0 Å². The molecule has 17 heavy (non-hydrogen) atoms. The van der Waals surface area contributed by atoms with Crippen LogP contribution in [-0.4, -0.2) is 29.0 Å². The van der Waals surface area contributed by atoms with Gasteiger partial charge in [0.15, 0.2) is 0 Å². The van der Waals surface area contributed by atoms with Gasteiger partial charge < -0.3 is 8.85 Å². The number of nitrogens with one attached hydrogen (secondary N) is 1. The van der Waals surface area contributed by atoms with Crippen LogP contribution in [0.15, 0.2) is 0 Å². The van der Waals surface area contributed by atoms with Crippen LogP contribution >= 0.6 is 0 Å². The van der Waals surface area contributed by atoms with Gasteiger partial charge in [0.25, 0.3) is 0 Å². The van der Waals surface area contributed by atoms with Gasteiger partial charge in [-0.05, 0) is 18.8 Å². The molecule has 3 atom stereocenters. The second kappa shape index (κ2) is 6.88. The Balaban J connectivity index is 2.70. The first-order chi connectivity index (χ1) is 8.09. The van der Waals surface area contributed by atoms with Gasteiger partial charge in [-0.25, -0.2) is 0 Å². The van der Waals surface area contributed by atoms with Crippen LogP contribution in [0.1, 0.15) is 52.9 Å². The quantitative estimate of drug-likeness (QED) is 0.743. The highest BCUT2D eigenvalue weighted by molar-refractivity contribution is 6.66. The summed E-state index contributed by atoms with van der Waals surface area (Å²) in [5.41, 5.74) is 0.478. The lowest BCUT2D eigenvalue weighted by Crippen LogP contribution is -2.62. The van der Waals surface area contributed by atoms with E-state index >= 15 is 0 Å². The van der Waals surface area contributed by atoms with Crippen molar-refractivity contribution < 1.29 is 8.85 Å². The summed E-state index contributed by atoms with van der Waals surface area (Å²) in [4.78, 5) is 3.76. The molecule has 102 valence electrons. The Kier molecular flexibility index (Phi) is 6.13. The first-order valence-electron chi connectivity index (χ1n) is 6.97. The highest BCUT2D eigenvalue weighted by Gasteiger charge is 2.44. The maximum Gasteiger partial charge on any atom is 0.427 e. The van der Waals surface area contributed by atoms with Crippen molar-refractivity contribution in [3.8, 4) is 0 Å². The Morgan fingerprint density at radius 3 is 2.29 bits per heavy atom. The van der Waals surface area contributed by atoms with Crippen LogP contribution in [0.2, 0.25) is 5.54 Å². The van der Waals surface area contributed by atoms with Crippen LogP contribution in [0.3, 0.4) is 0 Å². The van der Waals surface area contributed by atoms with E-state index in [1.807, 2.05) is 0 Å². The topological polar surface area (TPSA) is 30.5 Å². The van der Waals surface area contributed by atoms with E-state index in [4.69, 9.17) is 8.85 Å². The summed E-state index contributed by atoms with van der Waals surface area (Å²) >= 11 is 0. The Morgan fingerprint density at radius 2 is 1.82 bits per heavy atom. The third-order valence-electron chi connectivity index (χ3n) is 4.37. The average molecular weight is 259 g/mol. The van der Waals surface area contributed by atoms with E-state index in [-0.39, 0.29) is 0 Å². The normalized spacial score (nSPS) is 28.1. The summed E-state index contributed by atoms with van der Waals surface area (Å²) in [6.07, 6.45) is 6.40. The molecule has 0 aromatic heterocycles. The first-order valence-corrected chi connectivity index (χ1v) is 8.87. The van der Waals surface area contributed by atoms with E-state index in [0.717, 1.165) is 12.3 Å². The molecule has 0 aromatic carbocycles. The molecule has 0 radical (unpaired) electrons. The average Bonchev–Trinajstić information content (AvgIpc) is 2.37. The van der Waals surface area contributed by atoms with Gasteiger partial charge in [-0.15, -0.1) is 0 Å². The fourth-order valence-corrected chi connectivity index (χ4v) is 5.78. The Morgan fingerprint density at radius 1 is 1.24 bits per heavy atom. The fraction of sp³-hybridized carbons (Fsp3) is 1.00. The minimum Gasteiger partial charge on any atom is -0.386 e. The van der Waals surface area contributed by atoms with E-state index in [9.17, 15) is 0 Å². The molecule has 1 aliphatic carbocycles. The summed E-state index contributed by atoms with van der Waals surface area (Å²) in [6, 6.07) is 0.573. The zero-order valence-electron chi connectivity index (χ0n) is 12.1. The zero-order valence-corrected chi connectivity index (χ0v) is 13.1. The van der Waals surface area contributed by atoms with Crippen LogP contribution in [0.5, 0.6) is 0 Å². The number of rotatable bonds is 6. The minimum atomic E-state index is -2.23. The minimum absolute atomic E-state index is 0.478. The first kappa shape index (κ1) is 15.2. The molecule has 0 aromatic rings. The molecule has 1 rings (SSSR count). The van der Waals surface area contributed by atoms with Crippen molar-refractivity contribution >= 4 is 8.72 Å². The molecule has 0 bridgehead atoms. The molecular weight excluding hydrogens is 230 g/mol.